The van der Waals surface area contributed by atoms with Crippen molar-refractivity contribution in [1.29, 1.82) is 0 Å². The minimum Gasteiger partial charge on any atom is -0.508 e. The highest BCUT2D eigenvalue weighted by molar-refractivity contribution is 5.78. The second-order valence-corrected chi connectivity index (χ2v) is 7.28. The number of benzene rings is 1. The molecule has 0 radical (unpaired) electrons. The van der Waals surface area contributed by atoms with Gasteiger partial charge in [0, 0.05) is 38.4 Å². The highest BCUT2D eigenvalue weighted by atomic mass is 16.3. The molecule has 27 heavy (non-hydrogen) atoms. The lowest BCUT2D eigenvalue weighted by Crippen LogP contribution is -2.46. The van der Waals surface area contributed by atoms with Crippen LogP contribution in [0.25, 0.3) is 0 Å². The minimum absolute atomic E-state index is 0.0693. The summed E-state index contributed by atoms with van der Waals surface area (Å²) in [6, 6.07) is 13.5. The van der Waals surface area contributed by atoms with Crippen LogP contribution in [0.3, 0.4) is 0 Å². The molecule has 1 aromatic heterocycles. The van der Waals surface area contributed by atoms with Crippen LogP contribution >= 0.6 is 0 Å². The van der Waals surface area contributed by atoms with Gasteiger partial charge in [-0.15, -0.1) is 0 Å². The number of aromatic hydroxyl groups is 1. The van der Waals surface area contributed by atoms with Crippen LogP contribution in [-0.2, 0) is 17.9 Å². The molecule has 6 nitrogen and oxygen atoms in total. The van der Waals surface area contributed by atoms with Crippen molar-refractivity contribution in [3.63, 3.8) is 0 Å². The van der Waals surface area contributed by atoms with Crippen molar-refractivity contribution in [2.45, 2.75) is 32.0 Å². The standard InChI is InChI=1S/C21H28N4O2/c1-24(15-19-6-2-3-10-22-19)16-21(27)23-18-8-11-25(12-9-18)14-17-5-4-7-20(26)13-17/h2-7,10,13,18,26H,8-9,11-12,14-16H2,1H3,(H,23,27). The number of nitrogens with one attached hydrogen (secondary N) is 1. The smallest absolute Gasteiger partial charge is 0.234 e. The molecule has 0 aliphatic carbocycles. The summed E-state index contributed by atoms with van der Waals surface area (Å²) >= 11 is 0. The van der Waals surface area contributed by atoms with Gasteiger partial charge in [0.2, 0.25) is 5.91 Å². The van der Waals surface area contributed by atoms with Crippen molar-refractivity contribution in [2.24, 2.45) is 0 Å². The molecule has 0 saturated carbocycles. The number of likely N-dealkylation sites (N-methyl/N-ethyl adjacent to an activating group) is 1. The molecule has 3 rings (SSSR count). The molecule has 2 N–H and O–H groups in total. The highest BCUT2D eigenvalue weighted by Crippen LogP contribution is 2.17. The van der Waals surface area contributed by atoms with Gasteiger partial charge in [-0.1, -0.05) is 18.2 Å². The van der Waals surface area contributed by atoms with Crippen LogP contribution < -0.4 is 5.32 Å². The fourth-order valence-corrected chi connectivity index (χ4v) is 3.49. The Bertz CT molecular complexity index is 730. The molecule has 1 saturated heterocycles. The molecule has 0 atom stereocenters. The second kappa shape index (κ2) is 9.48. The average Bonchev–Trinajstić information content (AvgIpc) is 2.64. The molecule has 1 fully saturated rings. The third kappa shape index (κ3) is 6.34. The molecule has 6 heteroatoms. The normalized spacial score (nSPS) is 15.8. The third-order valence-corrected chi connectivity index (χ3v) is 4.84. The average molecular weight is 368 g/mol. The van der Waals surface area contributed by atoms with Crippen molar-refractivity contribution < 1.29 is 9.90 Å². The molecule has 0 unspecified atom stereocenters. The van der Waals surface area contributed by atoms with E-state index in [0.717, 1.165) is 43.7 Å². The first-order chi connectivity index (χ1) is 13.1. The van der Waals surface area contributed by atoms with Crippen LogP contribution in [0.4, 0.5) is 0 Å². The number of aromatic nitrogens is 1. The quantitative estimate of drug-likeness (QED) is 0.782. The van der Waals surface area contributed by atoms with Crippen LogP contribution in [0, 0.1) is 0 Å². The maximum atomic E-state index is 12.3. The number of carbonyl (C=O) groups excluding carboxylic acids is 1. The monoisotopic (exact) mass is 368 g/mol. The third-order valence-electron chi connectivity index (χ3n) is 4.84. The zero-order chi connectivity index (χ0) is 19.1. The van der Waals surface area contributed by atoms with E-state index in [1.54, 1.807) is 12.3 Å². The summed E-state index contributed by atoms with van der Waals surface area (Å²) < 4.78 is 0. The Kier molecular flexibility index (Phi) is 6.79. The lowest BCUT2D eigenvalue weighted by Gasteiger charge is -2.32. The van der Waals surface area contributed by atoms with E-state index in [2.05, 4.69) is 15.2 Å². The fourth-order valence-electron chi connectivity index (χ4n) is 3.49. The van der Waals surface area contributed by atoms with E-state index < -0.39 is 0 Å². The summed E-state index contributed by atoms with van der Waals surface area (Å²) in [6.45, 7) is 3.77. The van der Waals surface area contributed by atoms with Gasteiger partial charge in [-0.2, -0.15) is 0 Å². The number of nitrogens with zero attached hydrogens (tertiary/aromatic N) is 3. The van der Waals surface area contributed by atoms with E-state index in [1.165, 1.54) is 0 Å². The largest absolute Gasteiger partial charge is 0.508 e. The van der Waals surface area contributed by atoms with Gasteiger partial charge >= 0.3 is 0 Å². The molecule has 1 aliphatic heterocycles. The van der Waals surface area contributed by atoms with Gasteiger partial charge < -0.3 is 10.4 Å². The summed E-state index contributed by atoms with van der Waals surface area (Å²) in [6.07, 6.45) is 3.68. The SMILES string of the molecule is CN(CC(=O)NC1CCN(Cc2cccc(O)c2)CC1)Cc1ccccn1. The van der Waals surface area contributed by atoms with E-state index in [-0.39, 0.29) is 11.9 Å². The van der Waals surface area contributed by atoms with E-state index in [9.17, 15) is 9.90 Å². The number of hydrogen-bond acceptors (Lipinski definition) is 5. The topological polar surface area (TPSA) is 68.7 Å². The van der Waals surface area contributed by atoms with Crippen molar-refractivity contribution in [3.05, 3.63) is 59.9 Å². The molecule has 1 aromatic carbocycles. The van der Waals surface area contributed by atoms with Gasteiger partial charge in [0.1, 0.15) is 5.75 Å². The predicted molar refractivity (Wildman–Crippen MR) is 105 cm³/mol. The first-order valence-corrected chi connectivity index (χ1v) is 9.46. The van der Waals surface area contributed by atoms with Crippen LogP contribution in [0.2, 0.25) is 0 Å². The fraction of sp³-hybridized carbons (Fsp3) is 0.429. The summed E-state index contributed by atoms with van der Waals surface area (Å²) in [5.74, 6) is 0.379. The van der Waals surface area contributed by atoms with Gasteiger partial charge in [-0.3, -0.25) is 19.6 Å². The molecule has 0 spiro atoms. The molecule has 2 heterocycles. The zero-order valence-electron chi connectivity index (χ0n) is 15.8. The Labute approximate surface area is 160 Å². The summed E-state index contributed by atoms with van der Waals surface area (Å²) in [4.78, 5) is 20.9. The molecular weight excluding hydrogens is 340 g/mol. The number of pyridine rings is 1. The first kappa shape index (κ1) is 19.3. The zero-order valence-corrected chi connectivity index (χ0v) is 15.8. The molecule has 144 valence electrons. The van der Waals surface area contributed by atoms with E-state index in [1.807, 2.05) is 48.3 Å². The Balaban J connectivity index is 1.37. The van der Waals surface area contributed by atoms with Crippen LogP contribution in [0.5, 0.6) is 5.75 Å². The molecule has 1 aliphatic rings. The summed E-state index contributed by atoms with van der Waals surface area (Å²) in [5.41, 5.74) is 2.08. The number of phenols is 1. The first-order valence-electron chi connectivity index (χ1n) is 9.46. The van der Waals surface area contributed by atoms with Crippen molar-refractivity contribution in [2.75, 3.05) is 26.7 Å². The highest BCUT2D eigenvalue weighted by Gasteiger charge is 2.21. The maximum Gasteiger partial charge on any atom is 0.234 e. The number of phenolic OH excluding ortho intramolecular Hbond substituents is 1. The Morgan fingerprint density at radius 3 is 2.78 bits per heavy atom. The van der Waals surface area contributed by atoms with Crippen molar-refractivity contribution in [1.82, 2.24) is 20.1 Å². The van der Waals surface area contributed by atoms with Gasteiger partial charge in [0.15, 0.2) is 0 Å². The van der Waals surface area contributed by atoms with Gasteiger partial charge in [0.05, 0.1) is 12.2 Å². The second-order valence-electron chi connectivity index (χ2n) is 7.28. The Morgan fingerprint density at radius 2 is 2.07 bits per heavy atom. The van der Waals surface area contributed by atoms with Gasteiger partial charge in [0.25, 0.3) is 0 Å². The van der Waals surface area contributed by atoms with Crippen LogP contribution in [0.15, 0.2) is 48.7 Å². The summed E-state index contributed by atoms with van der Waals surface area (Å²) in [5, 5.41) is 12.7. The molecule has 0 bridgehead atoms. The molecule has 1 amide bonds. The number of rotatable bonds is 7. The molecular formula is C21H28N4O2. The van der Waals surface area contributed by atoms with E-state index in [0.29, 0.717) is 18.8 Å². The number of amides is 1. The lowest BCUT2D eigenvalue weighted by atomic mass is 10.0. The minimum atomic E-state index is 0.0693. The number of likely N-dealkylation sites (tertiary alicyclic amines) is 1. The van der Waals surface area contributed by atoms with E-state index >= 15 is 0 Å². The predicted octanol–water partition coefficient (Wildman–Crippen LogP) is 2.00. The van der Waals surface area contributed by atoms with Gasteiger partial charge in [-0.05, 0) is 49.7 Å². The van der Waals surface area contributed by atoms with Gasteiger partial charge in [-0.25, -0.2) is 0 Å². The van der Waals surface area contributed by atoms with E-state index in [4.69, 9.17) is 0 Å². The molecule has 2 aromatic rings. The van der Waals surface area contributed by atoms with Crippen LogP contribution in [0.1, 0.15) is 24.1 Å². The maximum absolute atomic E-state index is 12.3. The lowest BCUT2D eigenvalue weighted by molar-refractivity contribution is -0.123. The van der Waals surface area contributed by atoms with Crippen molar-refractivity contribution >= 4 is 5.91 Å². The summed E-state index contributed by atoms with van der Waals surface area (Å²) in [7, 11) is 1.94. The Morgan fingerprint density at radius 1 is 1.26 bits per heavy atom. The van der Waals surface area contributed by atoms with Crippen molar-refractivity contribution in [3.8, 4) is 5.75 Å². The van der Waals surface area contributed by atoms with Crippen LogP contribution in [-0.4, -0.2) is 58.5 Å². The number of hydrogen-bond donors (Lipinski definition) is 2. The Hall–Kier alpha value is -2.44. The number of piperidine rings is 1. The number of carbonyl (C=O) groups is 1.